The molecule has 0 aliphatic carbocycles. The summed E-state index contributed by atoms with van der Waals surface area (Å²) < 4.78 is 0. The van der Waals surface area contributed by atoms with E-state index in [9.17, 15) is 0 Å². The minimum atomic E-state index is 0.786. The highest BCUT2D eigenvalue weighted by Gasteiger charge is 2.18. The first-order valence-electron chi connectivity index (χ1n) is 5.58. The molecule has 1 fully saturated rings. The molecule has 1 aliphatic heterocycles. The minimum Gasteiger partial charge on any atom is -0.301 e. The number of likely N-dealkylation sites (tertiary alicyclic amines) is 1. The van der Waals surface area contributed by atoms with Crippen molar-refractivity contribution in [3.63, 3.8) is 0 Å². The molecule has 0 aromatic rings. The number of alkyl halides is 1. The van der Waals surface area contributed by atoms with Crippen LogP contribution in [0.15, 0.2) is 0 Å². The largest absolute Gasteiger partial charge is 0.301 e. The number of nitrogens with zero attached hydrogens (tertiary/aromatic N) is 1. The van der Waals surface area contributed by atoms with Gasteiger partial charge in [-0.3, -0.25) is 0 Å². The van der Waals surface area contributed by atoms with Crippen molar-refractivity contribution in [3.05, 3.63) is 0 Å². The van der Waals surface area contributed by atoms with Crippen LogP contribution in [0.4, 0.5) is 0 Å². The summed E-state index contributed by atoms with van der Waals surface area (Å²) >= 11 is 3.60. The number of halogens is 1. The van der Waals surface area contributed by atoms with Gasteiger partial charge in [0, 0.05) is 11.4 Å². The summed E-state index contributed by atoms with van der Waals surface area (Å²) in [7, 11) is 0. The molecule has 0 aromatic heterocycles. The smallest absolute Gasteiger partial charge is 0.00643 e. The summed E-state index contributed by atoms with van der Waals surface area (Å²) in [6, 6.07) is 0.786. The van der Waals surface area contributed by atoms with Crippen LogP contribution in [0.25, 0.3) is 0 Å². The summed E-state index contributed by atoms with van der Waals surface area (Å²) in [6.45, 7) is 7.27. The Morgan fingerprint density at radius 2 is 2.15 bits per heavy atom. The second-order valence-electron chi connectivity index (χ2n) is 4.24. The molecular weight excluding hydrogens is 226 g/mol. The van der Waals surface area contributed by atoms with Gasteiger partial charge in [0.2, 0.25) is 0 Å². The van der Waals surface area contributed by atoms with E-state index in [1.54, 1.807) is 0 Å². The Morgan fingerprint density at radius 1 is 1.38 bits per heavy atom. The van der Waals surface area contributed by atoms with Gasteiger partial charge in [0.25, 0.3) is 0 Å². The summed E-state index contributed by atoms with van der Waals surface area (Å²) in [6.07, 6.45) is 5.48. The second kappa shape index (κ2) is 6.02. The standard InChI is InChI=1S/C11H22BrN/c1-3-10(2)13-7-4-5-11(9-12)6-8-13/h10-11H,3-9H2,1-2H3. The maximum Gasteiger partial charge on any atom is 0.00643 e. The second-order valence-corrected chi connectivity index (χ2v) is 4.89. The Hall–Kier alpha value is 0.440. The Kier molecular flexibility index (Phi) is 5.34. The fourth-order valence-corrected chi connectivity index (χ4v) is 2.69. The van der Waals surface area contributed by atoms with Crippen LogP contribution in [0.2, 0.25) is 0 Å². The normalized spacial score (nSPS) is 28.4. The molecule has 1 saturated heterocycles. The highest BCUT2D eigenvalue weighted by molar-refractivity contribution is 9.09. The van der Waals surface area contributed by atoms with Gasteiger partial charge in [0.1, 0.15) is 0 Å². The first kappa shape index (κ1) is 11.5. The highest BCUT2D eigenvalue weighted by Crippen LogP contribution is 2.21. The fraction of sp³-hybridized carbons (Fsp3) is 1.00. The maximum atomic E-state index is 3.60. The molecule has 2 heteroatoms. The zero-order valence-electron chi connectivity index (χ0n) is 8.93. The molecule has 0 aromatic carbocycles. The summed E-state index contributed by atoms with van der Waals surface area (Å²) in [5.74, 6) is 0.925. The van der Waals surface area contributed by atoms with Gasteiger partial charge in [0.05, 0.1) is 0 Å². The number of hydrogen-bond donors (Lipinski definition) is 0. The first-order chi connectivity index (χ1) is 6.27. The van der Waals surface area contributed by atoms with Crippen molar-refractivity contribution < 1.29 is 0 Å². The molecule has 78 valence electrons. The van der Waals surface area contributed by atoms with E-state index in [1.165, 1.54) is 44.1 Å². The van der Waals surface area contributed by atoms with Gasteiger partial charge in [-0.05, 0) is 51.6 Å². The van der Waals surface area contributed by atoms with Crippen molar-refractivity contribution in [2.24, 2.45) is 5.92 Å². The van der Waals surface area contributed by atoms with Crippen molar-refractivity contribution in [2.75, 3.05) is 18.4 Å². The molecule has 1 aliphatic rings. The van der Waals surface area contributed by atoms with Crippen LogP contribution in [0, 0.1) is 5.92 Å². The van der Waals surface area contributed by atoms with Crippen LogP contribution >= 0.6 is 15.9 Å². The molecule has 1 rings (SSSR count). The van der Waals surface area contributed by atoms with Crippen LogP contribution < -0.4 is 0 Å². The minimum absolute atomic E-state index is 0.786. The molecule has 0 N–H and O–H groups in total. The fourth-order valence-electron chi connectivity index (χ4n) is 2.04. The summed E-state index contributed by atoms with van der Waals surface area (Å²) in [5.41, 5.74) is 0. The summed E-state index contributed by atoms with van der Waals surface area (Å²) in [4.78, 5) is 2.66. The molecule has 0 bridgehead atoms. The third kappa shape index (κ3) is 3.59. The van der Waals surface area contributed by atoms with E-state index in [0.29, 0.717) is 0 Å². The van der Waals surface area contributed by atoms with Crippen LogP contribution in [0.5, 0.6) is 0 Å². The number of rotatable bonds is 3. The third-order valence-electron chi connectivity index (χ3n) is 3.31. The Labute approximate surface area is 91.0 Å². The SMILES string of the molecule is CCC(C)N1CCCC(CBr)CC1. The molecule has 2 unspecified atom stereocenters. The van der Waals surface area contributed by atoms with Crippen molar-refractivity contribution >= 4 is 15.9 Å². The van der Waals surface area contributed by atoms with Gasteiger partial charge in [-0.1, -0.05) is 22.9 Å². The van der Waals surface area contributed by atoms with Gasteiger partial charge in [-0.15, -0.1) is 0 Å². The van der Waals surface area contributed by atoms with Crippen LogP contribution in [-0.4, -0.2) is 29.4 Å². The van der Waals surface area contributed by atoms with E-state index in [4.69, 9.17) is 0 Å². The first-order valence-corrected chi connectivity index (χ1v) is 6.70. The third-order valence-corrected chi connectivity index (χ3v) is 4.23. The van der Waals surface area contributed by atoms with E-state index in [1.807, 2.05) is 0 Å². The van der Waals surface area contributed by atoms with E-state index < -0.39 is 0 Å². The van der Waals surface area contributed by atoms with Crippen molar-refractivity contribution in [3.8, 4) is 0 Å². The van der Waals surface area contributed by atoms with Gasteiger partial charge in [-0.25, -0.2) is 0 Å². The van der Waals surface area contributed by atoms with Crippen LogP contribution in [0.1, 0.15) is 39.5 Å². The maximum absolute atomic E-state index is 3.60. The highest BCUT2D eigenvalue weighted by atomic mass is 79.9. The monoisotopic (exact) mass is 247 g/mol. The molecule has 0 radical (unpaired) electrons. The molecule has 2 atom stereocenters. The molecule has 13 heavy (non-hydrogen) atoms. The Bertz CT molecular complexity index is 138. The average molecular weight is 248 g/mol. The predicted octanol–water partition coefficient (Wildman–Crippen LogP) is 3.28. The molecule has 1 nitrogen and oxygen atoms in total. The molecule has 0 saturated carbocycles. The number of hydrogen-bond acceptors (Lipinski definition) is 1. The zero-order valence-corrected chi connectivity index (χ0v) is 10.5. The van der Waals surface area contributed by atoms with Crippen molar-refractivity contribution in [2.45, 2.75) is 45.6 Å². The predicted molar refractivity (Wildman–Crippen MR) is 62.5 cm³/mol. The molecule has 0 amide bonds. The van der Waals surface area contributed by atoms with Crippen molar-refractivity contribution in [1.82, 2.24) is 4.90 Å². The van der Waals surface area contributed by atoms with Crippen LogP contribution in [-0.2, 0) is 0 Å². The average Bonchev–Trinajstić information content (AvgIpc) is 2.41. The zero-order chi connectivity index (χ0) is 9.68. The topological polar surface area (TPSA) is 3.24 Å². The van der Waals surface area contributed by atoms with Gasteiger partial charge < -0.3 is 4.90 Å². The van der Waals surface area contributed by atoms with Crippen LogP contribution in [0.3, 0.4) is 0 Å². The van der Waals surface area contributed by atoms with Crippen molar-refractivity contribution in [1.29, 1.82) is 0 Å². The lowest BCUT2D eigenvalue weighted by Crippen LogP contribution is -2.33. The van der Waals surface area contributed by atoms with E-state index in [0.717, 1.165) is 12.0 Å². The van der Waals surface area contributed by atoms with E-state index in [-0.39, 0.29) is 0 Å². The van der Waals surface area contributed by atoms with Gasteiger partial charge >= 0.3 is 0 Å². The lowest BCUT2D eigenvalue weighted by molar-refractivity contribution is 0.210. The quantitative estimate of drug-likeness (QED) is 0.693. The Morgan fingerprint density at radius 3 is 2.77 bits per heavy atom. The molecule has 0 spiro atoms. The molecular formula is C11H22BrN. The van der Waals surface area contributed by atoms with Gasteiger partial charge in [-0.2, -0.15) is 0 Å². The molecule has 1 heterocycles. The Balaban J connectivity index is 2.35. The van der Waals surface area contributed by atoms with Gasteiger partial charge in [0.15, 0.2) is 0 Å². The summed E-state index contributed by atoms with van der Waals surface area (Å²) in [5, 5.41) is 1.20. The lowest BCUT2D eigenvalue weighted by Gasteiger charge is -2.26. The van der Waals surface area contributed by atoms with E-state index in [2.05, 4.69) is 34.7 Å². The lowest BCUT2D eigenvalue weighted by atomic mass is 10.0. The van der Waals surface area contributed by atoms with E-state index >= 15 is 0 Å².